The van der Waals surface area contributed by atoms with Crippen LogP contribution in [0.5, 0.6) is 0 Å². The number of nitrogens with one attached hydrogen (secondary N) is 1. The van der Waals surface area contributed by atoms with Gasteiger partial charge in [-0.1, -0.05) is 11.7 Å². The molecule has 0 saturated carbocycles. The van der Waals surface area contributed by atoms with E-state index in [4.69, 9.17) is 5.11 Å². The molecule has 0 atom stereocenters. The topological polar surface area (TPSA) is 49.3 Å². The molecule has 2 N–H and O–H groups in total. The Balaban J connectivity index is 2.82. The van der Waals surface area contributed by atoms with E-state index in [0.717, 1.165) is 11.0 Å². The Morgan fingerprint density at radius 1 is 2.00 bits per heavy atom. The van der Waals surface area contributed by atoms with Crippen molar-refractivity contribution in [2.45, 2.75) is 0 Å². The molecule has 0 rings (SSSR count). The molecule has 0 aliphatic heterocycles. The van der Waals surface area contributed by atoms with E-state index in [1.165, 1.54) is 0 Å². The molecule has 0 fully saturated rings. The number of hydrogen-bond acceptors (Lipinski definition) is 4. The number of carboxylic acid groups (broad SMARTS) is 1. The van der Waals surface area contributed by atoms with Crippen molar-refractivity contribution in [1.82, 2.24) is 4.72 Å². The van der Waals surface area contributed by atoms with Crippen molar-refractivity contribution >= 4 is 28.6 Å². The molecule has 7 heavy (non-hydrogen) atoms. The number of rotatable bonds is 3. The van der Waals surface area contributed by atoms with Crippen molar-refractivity contribution in [3.05, 3.63) is 0 Å². The molecule has 5 heteroatoms. The highest BCUT2D eigenvalue weighted by molar-refractivity contribution is 8.67. The minimum Gasteiger partial charge on any atom is -0.480 e. The Morgan fingerprint density at radius 2 is 2.57 bits per heavy atom. The van der Waals surface area contributed by atoms with Gasteiger partial charge in [-0.3, -0.25) is 4.79 Å². The van der Waals surface area contributed by atoms with Crippen LogP contribution in [0, 0.1) is 0 Å². The second-order valence-corrected chi connectivity index (χ2v) is 1.83. The number of carbonyl (C=O) groups is 1. The van der Waals surface area contributed by atoms with Crippen molar-refractivity contribution in [2.75, 3.05) is 6.54 Å². The summed E-state index contributed by atoms with van der Waals surface area (Å²) in [6, 6.07) is 0. The summed E-state index contributed by atoms with van der Waals surface area (Å²) >= 11 is 3.64. The standard InChI is InChI=1S/C2H5NO2S2/c4-2(5)1-3-7-6/h3,6H,1H2,(H,4,5). The monoisotopic (exact) mass is 139 g/mol. The van der Waals surface area contributed by atoms with E-state index >= 15 is 0 Å². The molecule has 0 aromatic heterocycles. The van der Waals surface area contributed by atoms with Gasteiger partial charge in [0.2, 0.25) is 0 Å². The maximum absolute atomic E-state index is 9.65. The molecule has 0 aliphatic rings. The van der Waals surface area contributed by atoms with Crippen LogP contribution in [-0.4, -0.2) is 17.6 Å². The second-order valence-electron chi connectivity index (χ2n) is 0.806. The Hall–Kier alpha value is 0.130. The van der Waals surface area contributed by atoms with E-state index in [2.05, 4.69) is 16.4 Å². The Bertz CT molecular complexity index is 66.7. The molecule has 3 nitrogen and oxygen atoms in total. The highest BCUT2D eigenvalue weighted by atomic mass is 33.1. The van der Waals surface area contributed by atoms with E-state index in [-0.39, 0.29) is 6.54 Å². The number of hydrogen-bond donors (Lipinski definition) is 3. The van der Waals surface area contributed by atoms with Gasteiger partial charge in [0.1, 0.15) is 6.54 Å². The lowest BCUT2D eigenvalue weighted by molar-refractivity contribution is -0.135. The zero-order chi connectivity index (χ0) is 5.70. The Labute approximate surface area is 50.4 Å². The first-order valence-electron chi connectivity index (χ1n) is 1.52. The van der Waals surface area contributed by atoms with Crippen LogP contribution in [0.15, 0.2) is 0 Å². The summed E-state index contributed by atoms with van der Waals surface area (Å²) in [5.41, 5.74) is 0. The maximum Gasteiger partial charge on any atom is 0.318 e. The maximum atomic E-state index is 9.65. The lowest BCUT2D eigenvalue weighted by Gasteiger charge is -1.88. The lowest BCUT2D eigenvalue weighted by atomic mass is 10.7. The van der Waals surface area contributed by atoms with Crippen molar-refractivity contribution in [2.24, 2.45) is 0 Å². The molecule has 0 aromatic rings. The molecular weight excluding hydrogens is 134 g/mol. The van der Waals surface area contributed by atoms with E-state index in [0.29, 0.717) is 0 Å². The highest BCUT2D eigenvalue weighted by Gasteiger charge is 1.90. The zero-order valence-electron chi connectivity index (χ0n) is 3.42. The van der Waals surface area contributed by atoms with Crippen molar-refractivity contribution < 1.29 is 9.90 Å². The van der Waals surface area contributed by atoms with E-state index < -0.39 is 5.97 Å². The summed E-state index contributed by atoms with van der Waals surface area (Å²) in [6.07, 6.45) is 0. The number of carboxylic acids is 1. The van der Waals surface area contributed by atoms with Gasteiger partial charge in [0.05, 0.1) is 0 Å². The van der Waals surface area contributed by atoms with Gasteiger partial charge < -0.3 is 5.11 Å². The van der Waals surface area contributed by atoms with Crippen molar-refractivity contribution in [3.63, 3.8) is 0 Å². The van der Waals surface area contributed by atoms with Gasteiger partial charge in [0, 0.05) is 0 Å². The summed E-state index contributed by atoms with van der Waals surface area (Å²) in [5, 5.41) is 7.93. The van der Waals surface area contributed by atoms with Crippen LogP contribution in [0.2, 0.25) is 0 Å². The SMILES string of the molecule is O=C(O)CNSS. The fourth-order valence-electron chi connectivity index (χ4n) is 0.0940. The molecule has 0 amide bonds. The predicted molar refractivity (Wildman–Crippen MR) is 32.2 cm³/mol. The van der Waals surface area contributed by atoms with Crippen molar-refractivity contribution in [3.8, 4) is 0 Å². The first-order valence-corrected chi connectivity index (χ1v) is 3.39. The average molecular weight is 139 g/mol. The molecule has 0 spiro atoms. The minimum absolute atomic E-state index is 0.0475. The van der Waals surface area contributed by atoms with Crippen LogP contribution in [0.25, 0.3) is 0 Å². The molecule has 0 aliphatic carbocycles. The van der Waals surface area contributed by atoms with Gasteiger partial charge >= 0.3 is 5.97 Å². The fraction of sp³-hybridized carbons (Fsp3) is 0.500. The van der Waals surface area contributed by atoms with Gasteiger partial charge in [0.15, 0.2) is 0 Å². The third kappa shape index (κ3) is 6.13. The van der Waals surface area contributed by atoms with Crippen LogP contribution >= 0.6 is 22.6 Å². The van der Waals surface area contributed by atoms with Gasteiger partial charge in [-0.2, -0.15) is 0 Å². The molecule has 0 unspecified atom stereocenters. The molecular formula is C2H5NO2S2. The van der Waals surface area contributed by atoms with Gasteiger partial charge in [-0.15, -0.1) is 0 Å². The first-order chi connectivity index (χ1) is 3.27. The normalized spacial score (nSPS) is 8.71. The Kier molecular flexibility index (Phi) is 4.37. The largest absolute Gasteiger partial charge is 0.480 e. The third-order valence-corrected chi connectivity index (χ3v) is 0.949. The molecule has 0 heterocycles. The van der Waals surface area contributed by atoms with E-state index in [9.17, 15) is 4.79 Å². The van der Waals surface area contributed by atoms with Crippen LogP contribution < -0.4 is 4.72 Å². The summed E-state index contributed by atoms with van der Waals surface area (Å²) in [7, 11) is 0.994. The molecule has 0 radical (unpaired) electrons. The minimum atomic E-state index is -0.874. The summed E-state index contributed by atoms with van der Waals surface area (Å²) in [4.78, 5) is 9.65. The number of thiol groups is 1. The van der Waals surface area contributed by atoms with Crippen LogP contribution in [0.4, 0.5) is 0 Å². The molecule has 0 aromatic carbocycles. The van der Waals surface area contributed by atoms with Gasteiger partial charge in [-0.05, 0) is 11.0 Å². The molecule has 0 saturated heterocycles. The second kappa shape index (κ2) is 4.29. The quantitative estimate of drug-likeness (QED) is 0.296. The van der Waals surface area contributed by atoms with Gasteiger partial charge in [0.25, 0.3) is 0 Å². The fourth-order valence-corrected chi connectivity index (χ4v) is 0.476. The van der Waals surface area contributed by atoms with E-state index in [1.54, 1.807) is 0 Å². The van der Waals surface area contributed by atoms with E-state index in [1.807, 2.05) is 0 Å². The van der Waals surface area contributed by atoms with Crippen molar-refractivity contribution in [1.29, 1.82) is 0 Å². The Morgan fingerprint density at radius 3 is 2.71 bits per heavy atom. The van der Waals surface area contributed by atoms with Crippen LogP contribution in [-0.2, 0) is 4.79 Å². The summed E-state index contributed by atoms with van der Waals surface area (Å²) in [5.74, 6) is -0.874. The van der Waals surface area contributed by atoms with Gasteiger partial charge in [-0.25, -0.2) is 4.72 Å². The smallest absolute Gasteiger partial charge is 0.318 e. The highest BCUT2D eigenvalue weighted by Crippen LogP contribution is 1.94. The van der Waals surface area contributed by atoms with Crippen LogP contribution in [0.1, 0.15) is 0 Å². The predicted octanol–water partition coefficient (Wildman–Crippen LogP) is 0.154. The van der Waals surface area contributed by atoms with Crippen LogP contribution in [0.3, 0.4) is 0 Å². The summed E-state index contributed by atoms with van der Waals surface area (Å²) in [6.45, 7) is -0.0475. The lowest BCUT2D eigenvalue weighted by Crippen LogP contribution is -2.13. The zero-order valence-corrected chi connectivity index (χ0v) is 5.13. The molecule has 42 valence electrons. The average Bonchev–Trinajstić information content (AvgIpc) is 1.61. The summed E-state index contributed by atoms with van der Waals surface area (Å²) < 4.78 is 2.43. The third-order valence-electron chi connectivity index (χ3n) is 0.288. The number of aliphatic carboxylic acids is 1. The molecule has 0 bridgehead atoms. The first kappa shape index (κ1) is 7.13.